The number of ether oxygens (including phenoxy) is 2. The van der Waals surface area contributed by atoms with Gasteiger partial charge >= 0.3 is 6.09 Å². The molecule has 0 aliphatic heterocycles. The molecule has 172 valence electrons. The molecule has 0 unspecified atom stereocenters. The first kappa shape index (κ1) is 24.3. The number of imidazole rings is 1. The van der Waals surface area contributed by atoms with Crippen LogP contribution in [0, 0.1) is 0 Å². The molecule has 6 nitrogen and oxygen atoms in total. The summed E-state index contributed by atoms with van der Waals surface area (Å²) >= 11 is 3.67. The summed E-state index contributed by atoms with van der Waals surface area (Å²) in [4.78, 5) is 18.7. The average molecular weight is 502 g/mol. The van der Waals surface area contributed by atoms with Crippen LogP contribution in [-0.4, -0.2) is 46.3 Å². The number of carbonyl (C=O) groups is 1. The van der Waals surface area contributed by atoms with Crippen molar-refractivity contribution in [1.82, 2.24) is 14.5 Å². The van der Waals surface area contributed by atoms with E-state index in [4.69, 9.17) is 14.5 Å². The lowest BCUT2D eigenvalue weighted by molar-refractivity contribution is 0.0295. The van der Waals surface area contributed by atoms with Crippen molar-refractivity contribution in [2.75, 3.05) is 20.2 Å². The van der Waals surface area contributed by atoms with Gasteiger partial charge in [-0.2, -0.15) is 0 Å². The highest BCUT2D eigenvalue weighted by Gasteiger charge is 2.20. The van der Waals surface area contributed by atoms with E-state index in [0.717, 1.165) is 46.3 Å². The van der Waals surface area contributed by atoms with Gasteiger partial charge < -0.3 is 18.9 Å². The number of halogens is 1. The van der Waals surface area contributed by atoms with E-state index in [0.29, 0.717) is 19.8 Å². The molecule has 2 aromatic carbocycles. The molecule has 1 aromatic heterocycles. The summed E-state index contributed by atoms with van der Waals surface area (Å²) in [5.41, 5.74) is 2.70. The van der Waals surface area contributed by atoms with E-state index in [1.54, 1.807) is 11.9 Å². The number of hydrogen-bond acceptors (Lipinski definition) is 4. The number of carbonyl (C=O) groups excluding carboxylic acids is 1. The van der Waals surface area contributed by atoms with Gasteiger partial charge in [0.05, 0.1) is 24.2 Å². The lowest BCUT2D eigenvalue weighted by Gasteiger charge is -2.24. The Balaban J connectivity index is 1.63. The quantitative estimate of drug-likeness (QED) is 0.347. The Hall–Kier alpha value is -2.38. The highest BCUT2D eigenvalue weighted by atomic mass is 79.9. The molecular formula is C25H32BrN3O3. The van der Waals surface area contributed by atoms with Crippen LogP contribution in [0.1, 0.15) is 38.6 Å². The summed E-state index contributed by atoms with van der Waals surface area (Å²) < 4.78 is 14.6. The zero-order chi connectivity index (χ0) is 23.1. The first-order chi connectivity index (χ1) is 15.2. The molecule has 0 fully saturated rings. The summed E-state index contributed by atoms with van der Waals surface area (Å²) in [6, 6.07) is 16.2. The normalized spacial score (nSPS) is 11.7. The highest BCUT2D eigenvalue weighted by Crippen LogP contribution is 2.26. The second-order valence-electron chi connectivity index (χ2n) is 8.83. The van der Waals surface area contributed by atoms with Crippen molar-refractivity contribution in [3.05, 3.63) is 64.4 Å². The van der Waals surface area contributed by atoms with Crippen LogP contribution in [0.25, 0.3) is 11.0 Å². The molecule has 3 aromatic rings. The minimum atomic E-state index is -0.496. The van der Waals surface area contributed by atoms with Crippen LogP contribution in [0.3, 0.4) is 0 Å². The summed E-state index contributed by atoms with van der Waals surface area (Å²) in [6.07, 6.45) is 1.21. The van der Waals surface area contributed by atoms with Gasteiger partial charge in [0, 0.05) is 31.0 Å². The van der Waals surface area contributed by atoms with Gasteiger partial charge in [0.2, 0.25) is 0 Å². The number of hydrogen-bond donors (Lipinski definition) is 0. The van der Waals surface area contributed by atoms with Gasteiger partial charge in [-0.1, -0.05) is 36.4 Å². The lowest BCUT2D eigenvalue weighted by atomic mass is 10.2. The second-order valence-corrected chi connectivity index (χ2v) is 9.69. The molecule has 0 atom stereocenters. The topological polar surface area (TPSA) is 56.6 Å². The number of fused-ring (bicyclic) bond motifs is 1. The van der Waals surface area contributed by atoms with E-state index < -0.39 is 5.60 Å². The molecule has 1 heterocycles. The van der Waals surface area contributed by atoms with Crippen LogP contribution in [0.2, 0.25) is 0 Å². The van der Waals surface area contributed by atoms with Gasteiger partial charge in [0.15, 0.2) is 0 Å². The number of benzene rings is 2. The van der Waals surface area contributed by atoms with Gasteiger partial charge in [-0.25, -0.2) is 9.78 Å². The van der Waals surface area contributed by atoms with Crippen molar-refractivity contribution in [2.45, 2.75) is 52.4 Å². The molecule has 0 saturated carbocycles. The third kappa shape index (κ3) is 6.81. The number of para-hydroxylation sites is 1. The predicted octanol–water partition coefficient (Wildman–Crippen LogP) is 5.82. The van der Waals surface area contributed by atoms with Gasteiger partial charge in [-0.15, -0.1) is 0 Å². The van der Waals surface area contributed by atoms with Crippen LogP contribution in [0.5, 0.6) is 0 Å². The Morgan fingerprint density at radius 1 is 1.12 bits per heavy atom. The molecule has 0 radical (unpaired) electrons. The molecule has 0 aliphatic carbocycles. The maximum Gasteiger partial charge on any atom is 0.410 e. The molecule has 32 heavy (non-hydrogen) atoms. The first-order valence-corrected chi connectivity index (χ1v) is 11.7. The Kier molecular flexibility index (Phi) is 8.32. The van der Waals surface area contributed by atoms with Crippen LogP contribution >= 0.6 is 15.9 Å². The standard InChI is InChI=1S/C25H32BrN3O3/c1-25(2,3)32-24(30)28(4)15-9-16-29-22(27-21-13-8-12-20(26)23(21)29)14-17-31-18-19-10-6-5-7-11-19/h5-8,10-13H,9,14-18H2,1-4H3. The molecule has 0 N–H and O–H groups in total. The van der Waals surface area contributed by atoms with E-state index in [2.05, 4.69) is 32.6 Å². The molecule has 7 heteroatoms. The zero-order valence-electron chi connectivity index (χ0n) is 19.3. The molecule has 0 saturated heterocycles. The van der Waals surface area contributed by atoms with E-state index in [-0.39, 0.29) is 6.09 Å². The minimum absolute atomic E-state index is 0.302. The minimum Gasteiger partial charge on any atom is -0.444 e. The molecular weight excluding hydrogens is 470 g/mol. The predicted molar refractivity (Wildman–Crippen MR) is 131 cm³/mol. The molecule has 3 rings (SSSR count). The SMILES string of the molecule is CN(CCCn1c(CCOCc2ccccc2)nc2cccc(Br)c21)C(=O)OC(C)(C)C. The van der Waals surface area contributed by atoms with E-state index in [1.165, 1.54) is 0 Å². The fourth-order valence-electron chi connectivity index (χ4n) is 3.45. The van der Waals surface area contributed by atoms with E-state index in [9.17, 15) is 4.79 Å². The van der Waals surface area contributed by atoms with Crippen molar-refractivity contribution in [1.29, 1.82) is 0 Å². The Bertz CT molecular complexity index is 1030. The number of aryl methyl sites for hydroxylation is 1. The maximum atomic E-state index is 12.2. The van der Waals surface area contributed by atoms with E-state index in [1.807, 2.05) is 57.2 Å². The van der Waals surface area contributed by atoms with Crippen molar-refractivity contribution in [3.8, 4) is 0 Å². The van der Waals surface area contributed by atoms with Gasteiger partial charge in [-0.3, -0.25) is 0 Å². The van der Waals surface area contributed by atoms with Crippen LogP contribution in [-0.2, 0) is 29.0 Å². The summed E-state index contributed by atoms with van der Waals surface area (Å²) in [7, 11) is 1.77. The Labute approximate surface area is 198 Å². The van der Waals surface area contributed by atoms with Gasteiger partial charge in [-0.05, 0) is 60.8 Å². The van der Waals surface area contributed by atoms with Crippen LogP contribution in [0.15, 0.2) is 53.0 Å². The lowest BCUT2D eigenvalue weighted by Crippen LogP contribution is -2.35. The summed E-state index contributed by atoms with van der Waals surface area (Å²) in [5.74, 6) is 0.986. The third-order valence-corrected chi connectivity index (χ3v) is 5.60. The van der Waals surface area contributed by atoms with E-state index >= 15 is 0 Å². The summed E-state index contributed by atoms with van der Waals surface area (Å²) in [6.45, 7) is 8.16. The van der Waals surface area contributed by atoms with Crippen LogP contribution < -0.4 is 0 Å². The number of aromatic nitrogens is 2. The molecule has 0 bridgehead atoms. The summed E-state index contributed by atoms with van der Waals surface area (Å²) in [5, 5.41) is 0. The molecule has 0 spiro atoms. The van der Waals surface area contributed by atoms with Gasteiger partial charge in [0.25, 0.3) is 0 Å². The molecule has 1 amide bonds. The second kappa shape index (κ2) is 11.0. The monoisotopic (exact) mass is 501 g/mol. The molecule has 0 aliphatic rings. The number of amides is 1. The number of rotatable bonds is 9. The average Bonchev–Trinajstić information content (AvgIpc) is 3.09. The van der Waals surface area contributed by atoms with Crippen molar-refractivity contribution >= 4 is 33.1 Å². The highest BCUT2D eigenvalue weighted by molar-refractivity contribution is 9.10. The third-order valence-electron chi connectivity index (χ3n) is 4.96. The Morgan fingerprint density at radius 3 is 2.59 bits per heavy atom. The number of nitrogens with zero attached hydrogens (tertiary/aromatic N) is 3. The van der Waals surface area contributed by atoms with Gasteiger partial charge in [0.1, 0.15) is 11.4 Å². The smallest absolute Gasteiger partial charge is 0.410 e. The Morgan fingerprint density at radius 2 is 1.88 bits per heavy atom. The largest absolute Gasteiger partial charge is 0.444 e. The fourth-order valence-corrected chi connectivity index (χ4v) is 4.02. The zero-order valence-corrected chi connectivity index (χ0v) is 20.9. The van der Waals surface area contributed by atoms with Crippen molar-refractivity contribution in [3.63, 3.8) is 0 Å². The van der Waals surface area contributed by atoms with Crippen molar-refractivity contribution < 1.29 is 14.3 Å². The van der Waals surface area contributed by atoms with Crippen molar-refractivity contribution in [2.24, 2.45) is 0 Å². The first-order valence-electron chi connectivity index (χ1n) is 10.9. The maximum absolute atomic E-state index is 12.2. The fraction of sp³-hybridized carbons (Fsp3) is 0.440. The van der Waals surface area contributed by atoms with Crippen LogP contribution in [0.4, 0.5) is 4.79 Å².